The van der Waals surface area contributed by atoms with E-state index in [0.717, 1.165) is 36.4 Å². The number of carbonyl (C=O) groups excluding carboxylic acids is 1. The van der Waals surface area contributed by atoms with E-state index < -0.39 is 0 Å². The van der Waals surface area contributed by atoms with Crippen molar-refractivity contribution in [2.45, 2.75) is 38.6 Å². The molecule has 0 aliphatic carbocycles. The van der Waals surface area contributed by atoms with Crippen molar-refractivity contribution in [2.75, 3.05) is 13.1 Å². The maximum atomic E-state index is 12.6. The first-order valence-electron chi connectivity index (χ1n) is 9.42. The van der Waals surface area contributed by atoms with Gasteiger partial charge in [0.1, 0.15) is 5.82 Å². The molecule has 1 aromatic heterocycles. The average molecular weight is 347 g/mol. The van der Waals surface area contributed by atoms with E-state index in [1.165, 1.54) is 5.56 Å². The molecule has 0 spiro atoms. The molecule has 0 N–H and O–H groups in total. The highest BCUT2D eigenvalue weighted by Crippen LogP contribution is 2.32. The second kappa shape index (κ2) is 6.94. The number of nitrogens with zero attached hydrogens (tertiary/aromatic N) is 3. The average Bonchev–Trinajstić information content (AvgIpc) is 3.21. The first-order valence-corrected chi connectivity index (χ1v) is 9.42. The van der Waals surface area contributed by atoms with E-state index in [0.29, 0.717) is 12.5 Å². The molecular formula is C22H25N3O. The zero-order valence-corrected chi connectivity index (χ0v) is 15.4. The maximum Gasteiger partial charge on any atom is 0.223 e. The van der Waals surface area contributed by atoms with Gasteiger partial charge in [-0.2, -0.15) is 0 Å². The maximum absolute atomic E-state index is 12.6. The highest BCUT2D eigenvalue weighted by molar-refractivity contribution is 5.81. The van der Waals surface area contributed by atoms with E-state index in [2.05, 4.69) is 60.9 Å². The number of para-hydroxylation sites is 2. The van der Waals surface area contributed by atoms with Gasteiger partial charge >= 0.3 is 0 Å². The Morgan fingerprint density at radius 2 is 1.81 bits per heavy atom. The topological polar surface area (TPSA) is 38.1 Å². The van der Waals surface area contributed by atoms with Crippen LogP contribution >= 0.6 is 0 Å². The predicted molar refractivity (Wildman–Crippen MR) is 104 cm³/mol. The van der Waals surface area contributed by atoms with Gasteiger partial charge in [-0.3, -0.25) is 4.79 Å². The summed E-state index contributed by atoms with van der Waals surface area (Å²) in [5, 5.41) is 0. The molecule has 1 fully saturated rings. The number of amides is 1. The number of hydrogen-bond donors (Lipinski definition) is 0. The number of likely N-dealkylation sites (tertiary alicyclic amines) is 1. The summed E-state index contributed by atoms with van der Waals surface area (Å²) in [4.78, 5) is 19.5. The van der Waals surface area contributed by atoms with Gasteiger partial charge in [0, 0.05) is 31.5 Å². The third-order valence-corrected chi connectivity index (χ3v) is 5.23. The molecule has 2 aromatic carbocycles. The van der Waals surface area contributed by atoms with Crippen LogP contribution in [-0.2, 0) is 11.2 Å². The number of rotatable bonds is 5. The normalized spacial score (nSPS) is 17.6. The number of carbonyl (C=O) groups is 1. The lowest BCUT2D eigenvalue weighted by Crippen LogP contribution is -2.27. The van der Waals surface area contributed by atoms with Crippen LogP contribution in [0.15, 0.2) is 54.6 Å². The van der Waals surface area contributed by atoms with Crippen molar-refractivity contribution < 1.29 is 4.79 Å². The van der Waals surface area contributed by atoms with Crippen LogP contribution in [0.5, 0.6) is 0 Å². The predicted octanol–water partition coefficient (Wildman–Crippen LogP) is 4.18. The van der Waals surface area contributed by atoms with Crippen molar-refractivity contribution in [3.05, 3.63) is 66.0 Å². The van der Waals surface area contributed by atoms with Crippen molar-refractivity contribution >= 4 is 16.9 Å². The van der Waals surface area contributed by atoms with Crippen molar-refractivity contribution in [3.8, 4) is 0 Å². The molecule has 1 saturated heterocycles. The van der Waals surface area contributed by atoms with E-state index in [1.54, 1.807) is 0 Å². The van der Waals surface area contributed by atoms with Gasteiger partial charge in [-0.05, 0) is 38.0 Å². The summed E-state index contributed by atoms with van der Waals surface area (Å²) in [5.41, 5.74) is 3.46. The summed E-state index contributed by atoms with van der Waals surface area (Å²) < 4.78 is 2.30. The molecule has 1 aliphatic rings. The summed E-state index contributed by atoms with van der Waals surface area (Å²) in [6.45, 7) is 5.91. The minimum Gasteiger partial charge on any atom is -0.342 e. The van der Waals surface area contributed by atoms with Crippen LogP contribution in [0.3, 0.4) is 0 Å². The third-order valence-electron chi connectivity index (χ3n) is 5.23. The van der Waals surface area contributed by atoms with E-state index in [4.69, 9.17) is 4.98 Å². The molecule has 0 radical (unpaired) electrons. The summed E-state index contributed by atoms with van der Waals surface area (Å²) in [5.74, 6) is 1.47. The van der Waals surface area contributed by atoms with E-state index >= 15 is 0 Å². The van der Waals surface area contributed by atoms with Gasteiger partial charge in [0.05, 0.1) is 11.0 Å². The molecule has 0 bridgehead atoms. The monoisotopic (exact) mass is 347 g/mol. The summed E-state index contributed by atoms with van der Waals surface area (Å²) >= 11 is 0. The molecule has 4 rings (SSSR count). The molecule has 3 aromatic rings. The number of imidazole rings is 1. The molecule has 1 amide bonds. The lowest BCUT2D eigenvalue weighted by Gasteiger charge is -2.18. The Hall–Kier alpha value is -2.62. The number of hydrogen-bond acceptors (Lipinski definition) is 2. The second-order valence-electron chi connectivity index (χ2n) is 7.40. The first-order chi connectivity index (χ1) is 12.6. The van der Waals surface area contributed by atoms with Crippen LogP contribution in [0.25, 0.3) is 11.0 Å². The highest BCUT2D eigenvalue weighted by atomic mass is 16.2. The molecule has 26 heavy (non-hydrogen) atoms. The molecule has 0 unspecified atom stereocenters. The lowest BCUT2D eigenvalue weighted by atomic mass is 10.1. The van der Waals surface area contributed by atoms with Gasteiger partial charge < -0.3 is 9.47 Å². The molecule has 0 saturated carbocycles. The lowest BCUT2D eigenvalue weighted by molar-refractivity contribution is -0.127. The second-order valence-corrected chi connectivity index (χ2v) is 7.40. The Labute approximate surface area is 154 Å². The van der Waals surface area contributed by atoms with Crippen LogP contribution in [0.1, 0.15) is 43.6 Å². The summed E-state index contributed by atoms with van der Waals surface area (Å²) in [6.07, 6.45) is 1.46. The number of fused-ring (bicyclic) bond motifs is 1. The van der Waals surface area contributed by atoms with Gasteiger partial charge in [-0.25, -0.2) is 4.98 Å². The van der Waals surface area contributed by atoms with Crippen LogP contribution < -0.4 is 0 Å². The van der Waals surface area contributed by atoms with Crippen LogP contribution in [0.4, 0.5) is 0 Å². The number of aromatic nitrogens is 2. The molecule has 134 valence electrons. The zero-order valence-electron chi connectivity index (χ0n) is 15.4. The first kappa shape index (κ1) is 16.8. The van der Waals surface area contributed by atoms with Gasteiger partial charge in [-0.1, -0.05) is 42.5 Å². The Kier molecular flexibility index (Phi) is 4.49. The smallest absolute Gasteiger partial charge is 0.223 e. The molecule has 1 atom stereocenters. The standard InChI is InChI=1S/C22H25N3O/c1-16(2)25-20-11-7-6-10-19(20)23-22(25)18-14-21(26)24(15-18)13-12-17-8-4-3-5-9-17/h3-11,16,18H,12-15H2,1-2H3/t18-/m1/s1. The van der Waals surface area contributed by atoms with Crippen molar-refractivity contribution in [3.63, 3.8) is 0 Å². The summed E-state index contributed by atoms with van der Waals surface area (Å²) in [6, 6.07) is 18.9. The molecule has 1 aliphatic heterocycles. The largest absolute Gasteiger partial charge is 0.342 e. The van der Waals surface area contributed by atoms with Gasteiger partial charge in [0.2, 0.25) is 5.91 Å². The molecular weight excluding hydrogens is 322 g/mol. The summed E-state index contributed by atoms with van der Waals surface area (Å²) in [7, 11) is 0. The molecule has 2 heterocycles. The van der Waals surface area contributed by atoms with Crippen molar-refractivity contribution in [1.29, 1.82) is 0 Å². The van der Waals surface area contributed by atoms with Gasteiger partial charge in [0.15, 0.2) is 0 Å². The quantitative estimate of drug-likeness (QED) is 0.694. The van der Waals surface area contributed by atoms with E-state index in [-0.39, 0.29) is 11.8 Å². The SMILES string of the molecule is CC(C)n1c([C@@H]2CC(=O)N(CCc3ccccc3)C2)nc2ccccc21. The fourth-order valence-electron chi connectivity index (χ4n) is 3.96. The molecule has 4 nitrogen and oxygen atoms in total. The minimum atomic E-state index is 0.174. The van der Waals surface area contributed by atoms with Gasteiger partial charge in [-0.15, -0.1) is 0 Å². The van der Waals surface area contributed by atoms with Crippen LogP contribution in [0.2, 0.25) is 0 Å². The zero-order chi connectivity index (χ0) is 18.1. The molecule has 4 heteroatoms. The van der Waals surface area contributed by atoms with E-state index in [9.17, 15) is 4.79 Å². The van der Waals surface area contributed by atoms with Gasteiger partial charge in [0.25, 0.3) is 0 Å². The Morgan fingerprint density at radius 3 is 2.58 bits per heavy atom. The highest BCUT2D eigenvalue weighted by Gasteiger charge is 2.34. The Morgan fingerprint density at radius 1 is 1.08 bits per heavy atom. The Bertz CT molecular complexity index is 914. The number of benzene rings is 2. The van der Waals surface area contributed by atoms with Crippen LogP contribution in [-0.4, -0.2) is 33.4 Å². The van der Waals surface area contributed by atoms with Crippen molar-refractivity contribution in [1.82, 2.24) is 14.5 Å². The van der Waals surface area contributed by atoms with Crippen molar-refractivity contribution in [2.24, 2.45) is 0 Å². The Balaban J connectivity index is 1.55. The van der Waals surface area contributed by atoms with E-state index in [1.807, 2.05) is 17.0 Å². The fraction of sp³-hybridized carbons (Fsp3) is 0.364. The minimum absolute atomic E-state index is 0.174. The van der Waals surface area contributed by atoms with Crippen LogP contribution in [0, 0.1) is 0 Å². The third kappa shape index (κ3) is 3.12. The fourth-order valence-corrected chi connectivity index (χ4v) is 3.96.